The molecule has 2 rings (SSSR count). The molecule has 0 aromatic heterocycles. The second-order valence-corrected chi connectivity index (χ2v) is 4.94. The van der Waals surface area contributed by atoms with Crippen LogP contribution in [0, 0.1) is 0 Å². The molecule has 5 nitrogen and oxygen atoms in total. The molecule has 0 bridgehead atoms. The number of guanidine groups is 1. The Morgan fingerprint density at radius 2 is 1.74 bits per heavy atom. The molecule has 2 aromatic rings. The Balaban J connectivity index is 1.90. The van der Waals surface area contributed by atoms with Gasteiger partial charge in [-0.25, -0.2) is 0 Å². The number of hydrogen-bond donors (Lipinski definition) is 2. The van der Waals surface area contributed by atoms with Gasteiger partial charge in [0, 0.05) is 25.7 Å². The molecule has 0 aliphatic rings. The normalized spacial score (nSPS) is 11.0. The van der Waals surface area contributed by atoms with Crippen molar-refractivity contribution >= 4 is 5.96 Å². The van der Waals surface area contributed by atoms with Crippen LogP contribution < -0.4 is 20.1 Å². The molecule has 0 aliphatic heterocycles. The smallest absolute Gasteiger partial charge is 0.191 e. The number of nitrogens with one attached hydrogen (secondary N) is 2. The van der Waals surface area contributed by atoms with E-state index in [1.807, 2.05) is 48.5 Å². The first-order chi connectivity index (χ1) is 11.3. The fourth-order valence-electron chi connectivity index (χ4n) is 2.22. The first-order valence-corrected chi connectivity index (χ1v) is 7.46. The molecule has 0 aliphatic carbocycles. The largest absolute Gasteiger partial charge is 0.497 e. The molecular formula is C18H23N3O2. The molecule has 0 unspecified atom stereocenters. The molecular weight excluding hydrogens is 290 g/mol. The summed E-state index contributed by atoms with van der Waals surface area (Å²) < 4.78 is 10.6. The Labute approximate surface area is 137 Å². The first kappa shape index (κ1) is 16.7. The van der Waals surface area contributed by atoms with Crippen LogP contribution in [0.3, 0.4) is 0 Å². The third kappa shape index (κ3) is 4.92. The molecule has 23 heavy (non-hydrogen) atoms. The zero-order valence-electron chi connectivity index (χ0n) is 13.8. The van der Waals surface area contributed by atoms with Crippen molar-refractivity contribution in [1.29, 1.82) is 0 Å². The Bertz CT molecular complexity index is 656. The van der Waals surface area contributed by atoms with Gasteiger partial charge in [0.1, 0.15) is 11.5 Å². The number of rotatable bonds is 6. The quantitative estimate of drug-likeness (QED) is 0.636. The van der Waals surface area contributed by atoms with Crippen LogP contribution in [0.1, 0.15) is 11.1 Å². The molecule has 122 valence electrons. The summed E-state index contributed by atoms with van der Waals surface area (Å²) in [6.07, 6.45) is 0. The van der Waals surface area contributed by atoms with Crippen molar-refractivity contribution in [2.24, 2.45) is 4.99 Å². The van der Waals surface area contributed by atoms with Crippen LogP contribution in [0.5, 0.6) is 11.5 Å². The topological polar surface area (TPSA) is 54.9 Å². The van der Waals surface area contributed by atoms with E-state index in [4.69, 9.17) is 9.47 Å². The summed E-state index contributed by atoms with van der Waals surface area (Å²) in [5.41, 5.74) is 2.21. The minimum Gasteiger partial charge on any atom is -0.497 e. The van der Waals surface area contributed by atoms with E-state index in [0.29, 0.717) is 13.1 Å². The van der Waals surface area contributed by atoms with Gasteiger partial charge in [0.05, 0.1) is 14.2 Å². The van der Waals surface area contributed by atoms with Crippen molar-refractivity contribution in [3.05, 3.63) is 59.7 Å². The molecule has 0 atom stereocenters. The van der Waals surface area contributed by atoms with Crippen LogP contribution in [0.4, 0.5) is 0 Å². The van der Waals surface area contributed by atoms with Crippen LogP contribution in [0.15, 0.2) is 53.5 Å². The van der Waals surface area contributed by atoms with E-state index in [1.54, 1.807) is 21.3 Å². The van der Waals surface area contributed by atoms with Gasteiger partial charge in [0.15, 0.2) is 5.96 Å². The zero-order chi connectivity index (χ0) is 16.5. The van der Waals surface area contributed by atoms with Crippen molar-refractivity contribution in [3.63, 3.8) is 0 Å². The third-order valence-electron chi connectivity index (χ3n) is 3.46. The number of aliphatic imine (C=N–C) groups is 1. The van der Waals surface area contributed by atoms with Gasteiger partial charge in [-0.2, -0.15) is 0 Å². The summed E-state index contributed by atoms with van der Waals surface area (Å²) in [5, 5.41) is 6.57. The molecule has 0 fully saturated rings. The molecule has 5 heteroatoms. The van der Waals surface area contributed by atoms with E-state index in [9.17, 15) is 0 Å². The van der Waals surface area contributed by atoms with Gasteiger partial charge in [0.2, 0.25) is 0 Å². The number of ether oxygens (including phenoxy) is 2. The van der Waals surface area contributed by atoms with Crippen molar-refractivity contribution in [1.82, 2.24) is 10.6 Å². The second kappa shape index (κ2) is 8.68. The van der Waals surface area contributed by atoms with Gasteiger partial charge in [-0.1, -0.05) is 30.3 Å². The van der Waals surface area contributed by atoms with Crippen LogP contribution in [-0.4, -0.2) is 27.2 Å². The third-order valence-corrected chi connectivity index (χ3v) is 3.46. The standard InChI is InChI=1S/C18H23N3O2/c1-19-18(20-12-14-7-6-9-16(11-14)22-2)21-13-15-8-4-5-10-17(15)23-3/h4-11H,12-13H2,1-3H3,(H2,19,20,21). The van der Waals surface area contributed by atoms with Crippen molar-refractivity contribution in [2.75, 3.05) is 21.3 Å². The lowest BCUT2D eigenvalue weighted by Gasteiger charge is -2.14. The number of benzene rings is 2. The maximum Gasteiger partial charge on any atom is 0.191 e. The molecule has 0 amide bonds. The molecule has 0 heterocycles. The Hall–Kier alpha value is -2.69. The number of hydrogen-bond acceptors (Lipinski definition) is 3. The molecule has 2 aromatic carbocycles. The van der Waals surface area contributed by atoms with E-state index >= 15 is 0 Å². The lowest BCUT2D eigenvalue weighted by atomic mass is 10.2. The Morgan fingerprint density at radius 3 is 2.48 bits per heavy atom. The monoisotopic (exact) mass is 313 g/mol. The predicted octanol–water partition coefficient (Wildman–Crippen LogP) is 2.57. The average molecular weight is 313 g/mol. The number of nitrogens with zero attached hydrogens (tertiary/aromatic N) is 1. The first-order valence-electron chi connectivity index (χ1n) is 7.46. The molecule has 0 spiro atoms. The van der Waals surface area contributed by atoms with Gasteiger partial charge in [-0.05, 0) is 23.8 Å². The number of para-hydroxylation sites is 1. The minimum atomic E-state index is 0.641. The SMILES string of the molecule is CN=C(NCc1cccc(OC)c1)NCc1ccccc1OC. The lowest BCUT2D eigenvalue weighted by molar-refractivity contribution is 0.409. The van der Waals surface area contributed by atoms with E-state index in [0.717, 1.165) is 28.6 Å². The van der Waals surface area contributed by atoms with Gasteiger partial charge in [0.25, 0.3) is 0 Å². The lowest BCUT2D eigenvalue weighted by Crippen LogP contribution is -2.36. The number of methoxy groups -OCH3 is 2. The average Bonchev–Trinajstić information content (AvgIpc) is 2.62. The van der Waals surface area contributed by atoms with Gasteiger partial charge < -0.3 is 20.1 Å². The van der Waals surface area contributed by atoms with Crippen molar-refractivity contribution < 1.29 is 9.47 Å². The van der Waals surface area contributed by atoms with E-state index < -0.39 is 0 Å². The highest BCUT2D eigenvalue weighted by Gasteiger charge is 2.04. The Kier molecular flexibility index (Phi) is 6.29. The summed E-state index contributed by atoms with van der Waals surface area (Å²) >= 11 is 0. The summed E-state index contributed by atoms with van der Waals surface area (Å²) in [5.74, 6) is 2.45. The maximum absolute atomic E-state index is 5.35. The fourth-order valence-corrected chi connectivity index (χ4v) is 2.22. The minimum absolute atomic E-state index is 0.641. The van der Waals surface area contributed by atoms with Crippen molar-refractivity contribution in [2.45, 2.75) is 13.1 Å². The predicted molar refractivity (Wildman–Crippen MR) is 93.0 cm³/mol. The maximum atomic E-state index is 5.35. The van der Waals surface area contributed by atoms with Crippen molar-refractivity contribution in [3.8, 4) is 11.5 Å². The second-order valence-electron chi connectivity index (χ2n) is 4.94. The summed E-state index contributed by atoms with van der Waals surface area (Å²) in [7, 11) is 5.10. The van der Waals surface area contributed by atoms with Crippen LogP contribution in [0.2, 0.25) is 0 Å². The van der Waals surface area contributed by atoms with Gasteiger partial charge in [-0.3, -0.25) is 4.99 Å². The molecule has 0 saturated carbocycles. The fraction of sp³-hybridized carbons (Fsp3) is 0.278. The summed E-state index contributed by atoms with van der Waals surface area (Å²) in [6, 6.07) is 15.9. The van der Waals surface area contributed by atoms with E-state index in [-0.39, 0.29) is 0 Å². The summed E-state index contributed by atoms with van der Waals surface area (Å²) in [4.78, 5) is 4.24. The van der Waals surface area contributed by atoms with Crippen LogP contribution in [0.25, 0.3) is 0 Å². The molecule has 0 saturated heterocycles. The van der Waals surface area contributed by atoms with Crippen LogP contribution in [-0.2, 0) is 13.1 Å². The highest BCUT2D eigenvalue weighted by molar-refractivity contribution is 5.79. The summed E-state index contributed by atoms with van der Waals surface area (Å²) in [6.45, 7) is 1.31. The zero-order valence-corrected chi connectivity index (χ0v) is 13.8. The highest BCUT2D eigenvalue weighted by Crippen LogP contribution is 2.16. The van der Waals surface area contributed by atoms with Crippen LogP contribution >= 0.6 is 0 Å². The van der Waals surface area contributed by atoms with E-state index in [1.165, 1.54) is 0 Å². The van der Waals surface area contributed by atoms with E-state index in [2.05, 4.69) is 15.6 Å². The van der Waals surface area contributed by atoms with Gasteiger partial charge in [-0.15, -0.1) is 0 Å². The Morgan fingerprint density at radius 1 is 0.957 bits per heavy atom. The molecule has 0 radical (unpaired) electrons. The van der Waals surface area contributed by atoms with Gasteiger partial charge >= 0.3 is 0 Å². The highest BCUT2D eigenvalue weighted by atomic mass is 16.5. The molecule has 2 N–H and O–H groups in total.